The van der Waals surface area contributed by atoms with Crippen molar-refractivity contribution in [2.75, 3.05) is 26.2 Å². The Kier molecular flexibility index (Phi) is 4.89. The molecule has 152 valence electrons. The molecule has 1 aromatic heterocycles. The van der Waals surface area contributed by atoms with Crippen LogP contribution in [-0.4, -0.2) is 57.8 Å². The summed E-state index contributed by atoms with van der Waals surface area (Å²) in [7, 11) is 0. The van der Waals surface area contributed by atoms with E-state index in [1.54, 1.807) is 6.92 Å². The van der Waals surface area contributed by atoms with Gasteiger partial charge < -0.3 is 14.8 Å². The zero-order valence-electron chi connectivity index (χ0n) is 16.4. The summed E-state index contributed by atoms with van der Waals surface area (Å²) in [5.41, 5.74) is -0.326. The molecule has 4 rings (SSSR count). The van der Waals surface area contributed by atoms with Crippen molar-refractivity contribution in [2.24, 2.45) is 11.3 Å². The van der Waals surface area contributed by atoms with Gasteiger partial charge in [-0.2, -0.15) is 0 Å². The van der Waals surface area contributed by atoms with Crippen LogP contribution < -0.4 is 11.2 Å². The number of piperidine rings is 2. The maximum absolute atomic E-state index is 12.9. The molecule has 3 aliphatic rings. The first-order chi connectivity index (χ1) is 13.3. The Morgan fingerprint density at radius 2 is 1.93 bits per heavy atom. The number of likely N-dealkylation sites (tertiary alicyclic amines) is 2. The molecular formula is C20H28N4O4. The van der Waals surface area contributed by atoms with E-state index in [9.17, 15) is 19.2 Å². The van der Waals surface area contributed by atoms with Crippen LogP contribution in [0.4, 0.5) is 0 Å². The topological polar surface area (TPSA) is 106 Å². The van der Waals surface area contributed by atoms with Crippen LogP contribution in [-0.2, 0) is 16.0 Å². The smallest absolute Gasteiger partial charge is 0.325 e. The van der Waals surface area contributed by atoms with Gasteiger partial charge in [-0.3, -0.25) is 19.4 Å². The molecule has 0 radical (unpaired) electrons. The highest BCUT2D eigenvalue weighted by molar-refractivity contribution is 5.79. The summed E-state index contributed by atoms with van der Waals surface area (Å²) in [6, 6.07) is 0. The average Bonchev–Trinajstić information content (AvgIpc) is 3.45. The molecule has 0 unspecified atom stereocenters. The second-order valence-electron chi connectivity index (χ2n) is 8.83. The molecule has 0 bridgehead atoms. The molecule has 28 heavy (non-hydrogen) atoms. The van der Waals surface area contributed by atoms with Crippen LogP contribution >= 0.6 is 0 Å². The molecule has 8 heteroatoms. The number of aromatic nitrogens is 2. The minimum atomic E-state index is -0.557. The van der Waals surface area contributed by atoms with Crippen LogP contribution in [0.15, 0.2) is 9.59 Å². The van der Waals surface area contributed by atoms with Crippen molar-refractivity contribution < 1.29 is 9.59 Å². The van der Waals surface area contributed by atoms with Crippen LogP contribution in [0.1, 0.15) is 49.8 Å². The van der Waals surface area contributed by atoms with Crippen molar-refractivity contribution in [2.45, 2.75) is 51.9 Å². The van der Waals surface area contributed by atoms with Gasteiger partial charge in [-0.05, 0) is 44.9 Å². The second kappa shape index (κ2) is 7.22. The van der Waals surface area contributed by atoms with Crippen molar-refractivity contribution >= 4 is 11.8 Å². The number of carbonyl (C=O) groups excluding carboxylic acids is 2. The molecule has 2 amide bonds. The Hall–Kier alpha value is -2.38. The van der Waals surface area contributed by atoms with Gasteiger partial charge in [0.15, 0.2) is 0 Å². The Labute approximate surface area is 163 Å². The fourth-order valence-electron chi connectivity index (χ4n) is 4.74. The number of nitrogens with one attached hydrogen (secondary N) is 2. The lowest BCUT2D eigenvalue weighted by Crippen LogP contribution is -2.55. The lowest BCUT2D eigenvalue weighted by molar-refractivity contribution is -0.143. The summed E-state index contributed by atoms with van der Waals surface area (Å²) in [5, 5.41) is 0. The van der Waals surface area contributed by atoms with Crippen LogP contribution in [0.5, 0.6) is 0 Å². The lowest BCUT2D eigenvalue weighted by Gasteiger charge is -2.48. The number of nitrogens with zero attached hydrogens (tertiary/aromatic N) is 2. The van der Waals surface area contributed by atoms with Gasteiger partial charge in [-0.15, -0.1) is 0 Å². The number of hydrogen-bond donors (Lipinski definition) is 2. The zero-order chi connectivity index (χ0) is 19.9. The summed E-state index contributed by atoms with van der Waals surface area (Å²) in [5.74, 6) is 0.817. The quantitative estimate of drug-likeness (QED) is 0.786. The van der Waals surface area contributed by atoms with Crippen molar-refractivity contribution in [1.29, 1.82) is 0 Å². The summed E-state index contributed by atoms with van der Waals surface area (Å²) in [6.45, 7) is 4.56. The SMILES string of the molecule is Cc1[nH]c(=O)[nH]c(=O)c1CC(=O)N1CCC[C@@]2(CCC(=O)N(CC3CC3)C2)C1. The fourth-order valence-corrected chi connectivity index (χ4v) is 4.74. The summed E-state index contributed by atoms with van der Waals surface area (Å²) in [4.78, 5) is 57.3. The molecule has 1 spiro atoms. The Morgan fingerprint density at radius 1 is 1.14 bits per heavy atom. The molecule has 1 atom stereocenters. The molecule has 3 heterocycles. The van der Waals surface area contributed by atoms with Gasteiger partial charge in [0.2, 0.25) is 11.8 Å². The number of aromatic amines is 2. The Bertz CT molecular complexity index is 900. The van der Waals surface area contributed by atoms with Gasteiger partial charge in [-0.1, -0.05) is 0 Å². The van der Waals surface area contributed by atoms with Crippen LogP contribution in [0.25, 0.3) is 0 Å². The molecule has 0 aromatic carbocycles. The van der Waals surface area contributed by atoms with E-state index in [-0.39, 0.29) is 23.7 Å². The van der Waals surface area contributed by atoms with Gasteiger partial charge >= 0.3 is 5.69 Å². The largest absolute Gasteiger partial charge is 0.342 e. The second-order valence-corrected chi connectivity index (χ2v) is 8.83. The third kappa shape index (κ3) is 3.91. The van der Waals surface area contributed by atoms with E-state index < -0.39 is 11.2 Å². The molecule has 1 aromatic rings. The minimum Gasteiger partial charge on any atom is -0.342 e. The number of rotatable bonds is 4. The first-order valence-corrected chi connectivity index (χ1v) is 10.2. The van der Waals surface area contributed by atoms with Crippen molar-refractivity contribution in [3.05, 3.63) is 32.1 Å². The van der Waals surface area contributed by atoms with Gasteiger partial charge in [0.05, 0.1) is 6.42 Å². The maximum atomic E-state index is 12.9. The first kappa shape index (κ1) is 19.0. The molecule has 1 aliphatic carbocycles. The minimum absolute atomic E-state index is 0.0151. The summed E-state index contributed by atoms with van der Waals surface area (Å²) in [6.07, 6.45) is 5.76. The van der Waals surface area contributed by atoms with E-state index in [1.165, 1.54) is 12.8 Å². The summed E-state index contributed by atoms with van der Waals surface area (Å²) >= 11 is 0. The number of hydrogen-bond acceptors (Lipinski definition) is 4. The Morgan fingerprint density at radius 3 is 2.64 bits per heavy atom. The summed E-state index contributed by atoms with van der Waals surface area (Å²) < 4.78 is 0. The van der Waals surface area contributed by atoms with E-state index in [0.29, 0.717) is 36.7 Å². The molecule has 3 fully saturated rings. The molecule has 2 aliphatic heterocycles. The van der Waals surface area contributed by atoms with E-state index in [2.05, 4.69) is 9.97 Å². The third-order valence-corrected chi connectivity index (χ3v) is 6.52. The normalized spacial score (nSPS) is 25.4. The predicted molar refractivity (Wildman–Crippen MR) is 103 cm³/mol. The van der Waals surface area contributed by atoms with E-state index in [1.807, 2.05) is 9.80 Å². The molecule has 2 saturated heterocycles. The highest BCUT2D eigenvalue weighted by Gasteiger charge is 2.43. The van der Waals surface area contributed by atoms with Crippen molar-refractivity contribution in [3.8, 4) is 0 Å². The van der Waals surface area contributed by atoms with Gasteiger partial charge in [0.25, 0.3) is 5.56 Å². The van der Waals surface area contributed by atoms with Crippen molar-refractivity contribution in [3.63, 3.8) is 0 Å². The highest BCUT2D eigenvalue weighted by atomic mass is 16.2. The number of amides is 2. The highest BCUT2D eigenvalue weighted by Crippen LogP contribution is 2.40. The lowest BCUT2D eigenvalue weighted by atomic mass is 9.73. The number of carbonyl (C=O) groups is 2. The monoisotopic (exact) mass is 388 g/mol. The van der Waals surface area contributed by atoms with Crippen LogP contribution in [0.2, 0.25) is 0 Å². The first-order valence-electron chi connectivity index (χ1n) is 10.2. The van der Waals surface area contributed by atoms with Crippen LogP contribution in [0.3, 0.4) is 0 Å². The molecule has 8 nitrogen and oxygen atoms in total. The standard InChI is InChI=1S/C20H28N4O4/c1-13-15(18(27)22-19(28)21-13)9-17(26)23-8-2-6-20(11-23)7-5-16(25)24(12-20)10-14-3-4-14/h14H,2-12H2,1H3,(H2,21,22,27,28)/t20-/m1/s1. The molecule has 1 saturated carbocycles. The molecule has 2 N–H and O–H groups in total. The molecular weight excluding hydrogens is 360 g/mol. The Balaban J connectivity index is 1.46. The number of aryl methyl sites for hydroxylation is 1. The van der Waals surface area contributed by atoms with E-state index >= 15 is 0 Å². The van der Waals surface area contributed by atoms with Crippen molar-refractivity contribution in [1.82, 2.24) is 19.8 Å². The third-order valence-electron chi connectivity index (χ3n) is 6.52. The van der Waals surface area contributed by atoms with E-state index in [4.69, 9.17) is 0 Å². The van der Waals surface area contributed by atoms with Gasteiger partial charge in [-0.25, -0.2) is 4.79 Å². The van der Waals surface area contributed by atoms with Crippen LogP contribution in [0, 0.1) is 18.3 Å². The van der Waals surface area contributed by atoms with Gasteiger partial charge in [0.1, 0.15) is 0 Å². The number of H-pyrrole nitrogens is 2. The fraction of sp³-hybridized carbons (Fsp3) is 0.700. The predicted octanol–water partition coefficient (Wildman–Crippen LogP) is 0.555. The maximum Gasteiger partial charge on any atom is 0.325 e. The zero-order valence-corrected chi connectivity index (χ0v) is 16.4. The average molecular weight is 388 g/mol. The van der Waals surface area contributed by atoms with E-state index in [0.717, 1.165) is 32.4 Å². The van der Waals surface area contributed by atoms with Gasteiger partial charge in [0, 0.05) is 49.3 Å².